The Morgan fingerprint density at radius 1 is 1.45 bits per heavy atom. The van der Waals surface area contributed by atoms with E-state index >= 15 is 0 Å². The zero-order valence-corrected chi connectivity index (χ0v) is 7.08. The minimum Gasteiger partial charge on any atom is -0.379 e. The van der Waals surface area contributed by atoms with Gasteiger partial charge in [0.2, 0.25) is 0 Å². The fourth-order valence-corrected chi connectivity index (χ4v) is 1.20. The molecule has 1 aliphatic heterocycles. The predicted molar refractivity (Wildman–Crippen MR) is 42.0 cm³/mol. The smallest absolute Gasteiger partial charge is 0.105 e. The molecule has 1 unspecified atom stereocenters. The second kappa shape index (κ2) is 4.70. The molecule has 0 N–H and O–H groups in total. The van der Waals surface area contributed by atoms with Crippen molar-refractivity contribution in [2.24, 2.45) is 0 Å². The topological polar surface area (TPSA) is 32.4 Å². The maximum atomic E-state index is 11.1. The molecule has 0 spiro atoms. The first-order valence-corrected chi connectivity index (χ1v) is 4.29. The van der Waals surface area contributed by atoms with Crippen molar-refractivity contribution < 1.29 is 9.84 Å². The van der Waals surface area contributed by atoms with Gasteiger partial charge in [-0.2, -0.15) is 0 Å². The molecule has 1 atom stereocenters. The van der Waals surface area contributed by atoms with E-state index in [9.17, 15) is 5.11 Å². The van der Waals surface area contributed by atoms with E-state index in [4.69, 9.17) is 4.74 Å². The average Bonchev–Trinajstić information content (AvgIpc) is 2.06. The molecule has 11 heavy (non-hydrogen) atoms. The van der Waals surface area contributed by atoms with Crippen molar-refractivity contribution in [2.75, 3.05) is 32.8 Å². The standard InChI is InChI=1S/C8H16NO2/c1-2-8(10)7-9-3-5-11-6-4-9/h8H,2-7H2,1H3. The molecule has 0 amide bonds. The zero-order valence-electron chi connectivity index (χ0n) is 7.08. The summed E-state index contributed by atoms with van der Waals surface area (Å²) in [5.74, 6) is 0. The Morgan fingerprint density at radius 2 is 2.09 bits per heavy atom. The lowest BCUT2D eigenvalue weighted by atomic mass is 10.2. The number of rotatable bonds is 3. The van der Waals surface area contributed by atoms with Crippen molar-refractivity contribution in [3.8, 4) is 0 Å². The van der Waals surface area contributed by atoms with Gasteiger partial charge in [-0.15, -0.1) is 0 Å². The summed E-state index contributed by atoms with van der Waals surface area (Å²) >= 11 is 0. The summed E-state index contributed by atoms with van der Waals surface area (Å²) in [5, 5.41) is 11.1. The maximum Gasteiger partial charge on any atom is 0.105 e. The Morgan fingerprint density at radius 3 is 2.64 bits per heavy atom. The summed E-state index contributed by atoms with van der Waals surface area (Å²) in [7, 11) is 0. The van der Waals surface area contributed by atoms with Crippen molar-refractivity contribution in [2.45, 2.75) is 19.4 Å². The largest absolute Gasteiger partial charge is 0.379 e. The molecule has 1 radical (unpaired) electrons. The van der Waals surface area contributed by atoms with Crippen molar-refractivity contribution in [1.82, 2.24) is 4.90 Å². The van der Waals surface area contributed by atoms with Gasteiger partial charge in [-0.25, -0.2) is 5.11 Å². The lowest BCUT2D eigenvalue weighted by molar-refractivity contribution is -0.00435. The number of ether oxygens (including phenoxy) is 1. The van der Waals surface area contributed by atoms with Crippen LogP contribution < -0.4 is 0 Å². The van der Waals surface area contributed by atoms with Gasteiger partial charge in [-0.1, -0.05) is 6.92 Å². The fraction of sp³-hybridized carbons (Fsp3) is 1.00. The number of morpholine rings is 1. The maximum absolute atomic E-state index is 11.1. The van der Waals surface area contributed by atoms with Crippen LogP contribution in [0.3, 0.4) is 0 Å². The molecule has 3 nitrogen and oxygen atoms in total. The van der Waals surface area contributed by atoms with Crippen molar-refractivity contribution >= 4 is 0 Å². The Balaban J connectivity index is 2.13. The third kappa shape index (κ3) is 3.18. The van der Waals surface area contributed by atoms with Crippen LogP contribution in [0.25, 0.3) is 0 Å². The third-order valence-corrected chi connectivity index (χ3v) is 2.02. The Kier molecular flexibility index (Phi) is 3.83. The van der Waals surface area contributed by atoms with Gasteiger partial charge in [0.05, 0.1) is 13.2 Å². The van der Waals surface area contributed by atoms with Gasteiger partial charge in [0.1, 0.15) is 6.10 Å². The first-order valence-electron chi connectivity index (χ1n) is 4.29. The molecule has 0 aromatic carbocycles. The van der Waals surface area contributed by atoms with E-state index in [1.165, 1.54) is 0 Å². The van der Waals surface area contributed by atoms with Gasteiger partial charge in [0.25, 0.3) is 0 Å². The monoisotopic (exact) mass is 158 g/mol. The summed E-state index contributed by atoms with van der Waals surface area (Å²) in [6.45, 7) is 6.07. The normalized spacial score (nSPS) is 23.5. The number of hydrogen-bond donors (Lipinski definition) is 0. The van der Waals surface area contributed by atoms with Crippen LogP contribution in [-0.2, 0) is 9.84 Å². The van der Waals surface area contributed by atoms with E-state index in [2.05, 4.69) is 4.90 Å². The van der Waals surface area contributed by atoms with Crippen LogP contribution in [0.5, 0.6) is 0 Å². The van der Waals surface area contributed by atoms with E-state index in [-0.39, 0.29) is 0 Å². The van der Waals surface area contributed by atoms with E-state index in [1.54, 1.807) is 0 Å². The lowest BCUT2D eigenvalue weighted by Crippen LogP contribution is -2.40. The molecule has 0 aliphatic carbocycles. The van der Waals surface area contributed by atoms with Crippen molar-refractivity contribution in [3.05, 3.63) is 0 Å². The highest BCUT2D eigenvalue weighted by Crippen LogP contribution is 2.00. The first-order chi connectivity index (χ1) is 5.33. The zero-order chi connectivity index (χ0) is 8.10. The minimum atomic E-state index is -0.409. The summed E-state index contributed by atoms with van der Waals surface area (Å²) in [4.78, 5) is 2.19. The third-order valence-electron chi connectivity index (χ3n) is 2.02. The summed E-state index contributed by atoms with van der Waals surface area (Å²) < 4.78 is 5.17. The van der Waals surface area contributed by atoms with E-state index in [0.29, 0.717) is 6.54 Å². The van der Waals surface area contributed by atoms with Gasteiger partial charge < -0.3 is 4.74 Å². The quantitative estimate of drug-likeness (QED) is 0.600. The second-order valence-corrected chi connectivity index (χ2v) is 2.94. The molecule has 1 saturated heterocycles. The van der Waals surface area contributed by atoms with E-state index in [1.807, 2.05) is 6.92 Å². The molecule has 3 heteroatoms. The molecule has 0 aromatic rings. The van der Waals surface area contributed by atoms with Crippen molar-refractivity contribution in [1.29, 1.82) is 0 Å². The second-order valence-electron chi connectivity index (χ2n) is 2.94. The number of nitrogens with zero attached hydrogens (tertiary/aromatic N) is 1. The molecule has 1 aliphatic rings. The highest BCUT2D eigenvalue weighted by molar-refractivity contribution is 4.65. The predicted octanol–water partition coefficient (Wildman–Crippen LogP) is 0.528. The minimum absolute atomic E-state index is 0.409. The van der Waals surface area contributed by atoms with Gasteiger partial charge in [0, 0.05) is 19.6 Å². The lowest BCUT2D eigenvalue weighted by Gasteiger charge is -2.27. The molecular weight excluding hydrogens is 142 g/mol. The van der Waals surface area contributed by atoms with Crippen molar-refractivity contribution in [3.63, 3.8) is 0 Å². The Labute approximate surface area is 68.0 Å². The average molecular weight is 158 g/mol. The molecule has 1 fully saturated rings. The van der Waals surface area contributed by atoms with Crippen LogP contribution >= 0.6 is 0 Å². The van der Waals surface area contributed by atoms with Crippen LogP contribution in [0.15, 0.2) is 0 Å². The Bertz CT molecular complexity index is 102. The SMILES string of the molecule is CCC([O])CN1CCOCC1. The molecule has 1 rings (SSSR count). The molecule has 1 heterocycles. The molecular formula is C8H16NO2. The van der Waals surface area contributed by atoms with Gasteiger partial charge in [-0.05, 0) is 6.42 Å². The van der Waals surface area contributed by atoms with Crippen LogP contribution in [0, 0.1) is 0 Å². The highest BCUT2D eigenvalue weighted by atomic mass is 16.5. The summed E-state index contributed by atoms with van der Waals surface area (Å²) in [6.07, 6.45) is 0.324. The van der Waals surface area contributed by atoms with Gasteiger partial charge >= 0.3 is 0 Å². The Hall–Kier alpha value is -0.120. The fourth-order valence-electron chi connectivity index (χ4n) is 1.20. The first kappa shape index (κ1) is 8.97. The van der Waals surface area contributed by atoms with E-state index < -0.39 is 6.10 Å². The molecule has 0 bridgehead atoms. The van der Waals surface area contributed by atoms with Crippen LogP contribution in [0.4, 0.5) is 0 Å². The number of hydrogen-bond acceptors (Lipinski definition) is 2. The summed E-state index contributed by atoms with van der Waals surface area (Å²) in [5.41, 5.74) is 0. The highest BCUT2D eigenvalue weighted by Gasteiger charge is 2.13. The van der Waals surface area contributed by atoms with Gasteiger partial charge in [-0.3, -0.25) is 4.90 Å². The summed E-state index contributed by atoms with van der Waals surface area (Å²) in [6, 6.07) is 0. The van der Waals surface area contributed by atoms with Crippen LogP contribution in [-0.4, -0.2) is 43.9 Å². The molecule has 0 saturated carbocycles. The van der Waals surface area contributed by atoms with Gasteiger partial charge in [0.15, 0.2) is 0 Å². The molecule has 0 aromatic heterocycles. The molecule has 65 valence electrons. The van der Waals surface area contributed by atoms with E-state index in [0.717, 1.165) is 32.7 Å². The van der Waals surface area contributed by atoms with Crippen LogP contribution in [0.2, 0.25) is 0 Å². The van der Waals surface area contributed by atoms with Crippen LogP contribution in [0.1, 0.15) is 13.3 Å².